The fraction of sp³-hybridized carbons (Fsp3) is 0. The van der Waals surface area contributed by atoms with Gasteiger partial charge in [0.25, 0.3) is 5.56 Å². The molecule has 5 aromatic rings. The van der Waals surface area contributed by atoms with Crippen molar-refractivity contribution in [1.29, 1.82) is 0 Å². The van der Waals surface area contributed by atoms with Gasteiger partial charge in [-0.2, -0.15) is 0 Å². The van der Waals surface area contributed by atoms with Crippen LogP contribution in [0.2, 0.25) is 0 Å². The van der Waals surface area contributed by atoms with Gasteiger partial charge in [-0.25, -0.2) is 9.38 Å². The van der Waals surface area contributed by atoms with Crippen molar-refractivity contribution in [3.63, 3.8) is 0 Å². The lowest BCUT2D eigenvalue weighted by atomic mass is 10.2. The third-order valence-electron chi connectivity index (χ3n) is 4.18. The number of rotatable bonds is 2. The number of hydrogen-bond acceptors (Lipinski definition) is 4. The van der Waals surface area contributed by atoms with Crippen LogP contribution in [0.3, 0.4) is 0 Å². The Kier molecular flexibility index (Phi) is 3.55. The lowest BCUT2D eigenvalue weighted by Crippen LogP contribution is -2.22. The van der Waals surface area contributed by atoms with E-state index in [0.717, 1.165) is 26.8 Å². The lowest BCUT2D eigenvalue weighted by molar-refractivity contribution is 0.571. The molecule has 0 fully saturated rings. The standard InChI is InChI=1S/C20H11BrN2O2S/c21-14-6-2-1-5-13(14)17-10-9-12(25-17)11-18-19(24)23-16-8-4-3-7-15(16)22-20(23)26-18/h1-11H/b18-11-. The van der Waals surface area contributed by atoms with Crippen molar-refractivity contribution < 1.29 is 4.42 Å². The van der Waals surface area contributed by atoms with E-state index in [0.29, 0.717) is 15.3 Å². The number of imidazole rings is 1. The number of halogens is 1. The number of aromatic nitrogens is 2. The van der Waals surface area contributed by atoms with Crippen LogP contribution in [0.15, 0.2) is 74.3 Å². The number of para-hydroxylation sites is 2. The van der Waals surface area contributed by atoms with Gasteiger partial charge < -0.3 is 4.42 Å². The van der Waals surface area contributed by atoms with E-state index >= 15 is 0 Å². The Morgan fingerprint density at radius 1 is 1.04 bits per heavy atom. The van der Waals surface area contributed by atoms with Gasteiger partial charge in [0, 0.05) is 16.1 Å². The minimum Gasteiger partial charge on any atom is -0.457 e. The van der Waals surface area contributed by atoms with Crippen molar-refractivity contribution in [3.8, 4) is 11.3 Å². The normalized spacial score (nSPS) is 12.4. The number of hydrogen-bond donors (Lipinski definition) is 0. The molecule has 0 atom stereocenters. The third kappa shape index (κ3) is 2.41. The molecular formula is C20H11BrN2O2S. The van der Waals surface area contributed by atoms with Gasteiger partial charge in [0.05, 0.1) is 11.0 Å². The fourth-order valence-electron chi connectivity index (χ4n) is 2.98. The molecule has 0 aliphatic rings. The first-order valence-electron chi connectivity index (χ1n) is 7.97. The van der Waals surface area contributed by atoms with Gasteiger partial charge in [0.15, 0.2) is 4.96 Å². The Balaban J connectivity index is 1.65. The summed E-state index contributed by atoms with van der Waals surface area (Å²) in [6.07, 6.45) is 1.77. The van der Waals surface area contributed by atoms with Crippen molar-refractivity contribution in [3.05, 3.63) is 85.8 Å². The highest BCUT2D eigenvalue weighted by atomic mass is 79.9. The maximum atomic E-state index is 12.8. The molecule has 0 saturated carbocycles. The molecule has 0 saturated heterocycles. The first kappa shape index (κ1) is 15.5. The summed E-state index contributed by atoms with van der Waals surface area (Å²) in [5, 5.41) is 0. The predicted molar refractivity (Wildman–Crippen MR) is 107 cm³/mol. The summed E-state index contributed by atoms with van der Waals surface area (Å²) in [6.45, 7) is 0. The Labute approximate surface area is 160 Å². The van der Waals surface area contributed by atoms with Crippen molar-refractivity contribution in [2.45, 2.75) is 0 Å². The average Bonchev–Trinajstić information content (AvgIpc) is 3.32. The van der Waals surface area contributed by atoms with Crippen LogP contribution >= 0.6 is 27.3 Å². The zero-order valence-corrected chi connectivity index (χ0v) is 15.8. The number of furan rings is 1. The SMILES string of the molecule is O=c1/c(=C/c2ccc(-c3ccccc3Br)o2)sc2nc3ccccc3n12. The fourth-order valence-corrected chi connectivity index (χ4v) is 4.42. The molecule has 0 spiro atoms. The van der Waals surface area contributed by atoms with E-state index in [2.05, 4.69) is 20.9 Å². The largest absolute Gasteiger partial charge is 0.457 e. The monoisotopic (exact) mass is 422 g/mol. The first-order chi connectivity index (χ1) is 12.7. The van der Waals surface area contributed by atoms with Crippen LogP contribution in [0.4, 0.5) is 0 Å². The van der Waals surface area contributed by atoms with E-state index in [4.69, 9.17) is 4.42 Å². The van der Waals surface area contributed by atoms with Crippen molar-refractivity contribution in [2.24, 2.45) is 0 Å². The van der Waals surface area contributed by atoms with E-state index < -0.39 is 0 Å². The van der Waals surface area contributed by atoms with Crippen LogP contribution in [-0.2, 0) is 0 Å². The van der Waals surface area contributed by atoms with Crippen molar-refractivity contribution in [1.82, 2.24) is 9.38 Å². The minimum atomic E-state index is -0.0717. The van der Waals surface area contributed by atoms with Gasteiger partial charge in [0.1, 0.15) is 16.1 Å². The molecule has 2 aromatic carbocycles. The molecule has 3 heterocycles. The lowest BCUT2D eigenvalue weighted by Gasteiger charge is -1.99. The summed E-state index contributed by atoms with van der Waals surface area (Å²) >= 11 is 4.90. The average molecular weight is 423 g/mol. The smallest absolute Gasteiger partial charge is 0.275 e. The summed E-state index contributed by atoms with van der Waals surface area (Å²) in [5.41, 5.74) is 2.56. The Hall–Kier alpha value is -2.70. The summed E-state index contributed by atoms with van der Waals surface area (Å²) in [5.74, 6) is 1.39. The predicted octanol–water partition coefficient (Wildman–Crippen LogP) is 4.48. The molecule has 4 nitrogen and oxygen atoms in total. The van der Waals surface area contributed by atoms with Crippen LogP contribution in [0.25, 0.3) is 33.4 Å². The van der Waals surface area contributed by atoms with Gasteiger partial charge >= 0.3 is 0 Å². The maximum Gasteiger partial charge on any atom is 0.275 e. The van der Waals surface area contributed by atoms with E-state index in [1.54, 1.807) is 10.5 Å². The van der Waals surface area contributed by atoms with Gasteiger partial charge in [0.2, 0.25) is 0 Å². The maximum absolute atomic E-state index is 12.8. The molecule has 0 N–H and O–H groups in total. The molecule has 0 unspecified atom stereocenters. The molecule has 126 valence electrons. The molecule has 26 heavy (non-hydrogen) atoms. The first-order valence-corrected chi connectivity index (χ1v) is 9.58. The van der Waals surface area contributed by atoms with Gasteiger partial charge in [-0.3, -0.25) is 4.79 Å². The molecule has 3 aromatic heterocycles. The quantitative estimate of drug-likeness (QED) is 0.421. The second-order valence-corrected chi connectivity index (χ2v) is 7.68. The van der Waals surface area contributed by atoms with Crippen LogP contribution < -0.4 is 10.1 Å². The summed E-state index contributed by atoms with van der Waals surface area (Å²) in [4.78, 5) is 18.0. The molecule has 0 bridgehead atoms. The van der Waals surface area contributed by atoms with Gasteiger partial charge in [-0.1, -0.05) is 57.6 Å². The summed E-state index contributed by atoms with van der Waals surface area (Å²) in [6, 6.07) is 19.3. The van der Waals surface area contributed by atoms with Crippen LogP contribution in [0, 0.1) is 0 Å². The third-order valence-corrected chi connectivity index (χ3v) is 5.84. The van der Waals surface area contributed by atoms with Crippen LogP contribution in [-0.4, -0.2) is 9.38 Å². The summed E-state index contributed by atoms with van der Waals surface area (Å²) in [7, 11) is 0. The van der Waals surface area contributed by atoms with Crippen LogP contribution in [0.5, 0.6) is 0 Å². The van der Waals surface area contributed by atoms with Crippen molar-refractivity contribution in [2.75, 3.05) is 0 Å². The topological polar surface area (TPSA) is 47.5 Å². The highest BCUT2D eigenvalue weighted by Gasteiger charge is 2.11. The number of thiazole rings is 1. The Morgan fingerprint density at radius 2 is 1.85 bits per heavy atom. The molecule has 0 amide bonds. The summed E-state index contributed by atoms with van der Waals surface area (Å²) < 4.78 is 9.15. The number of benzene rings is 2. The van der Waals surface area contributed by atoms with Gasteiger partial charge in [-0.05, 0) is 30.3 Å². The Bertz CT molecular complexity index is 1380. The van der Waals surface area contributed by atoms with Crippen LogP contribution in [0.1, 0.15) is 5.76 Å². The second-order valence-electron chi connectivity index (χ2n) is 5.82. The zero-order valence-electron chi connectivity index (χ0n) is 13.3. The molecular weight excluding hydrogens is 412 g/mol. The Morgan fingerprint density at radius 3 is 2.73 bits per heavy atom. The highest BCUT2D eigenvalue weighted by Crippen LogP contribution is 2.29. The van der Waals surface area contributed by atoms with Gasteiger partial charge in [-0.15, -0.1) is 0 Å². The molecule has 0 radical (unpaired) electrons. The zero-order chi connectivity index (χ0) is 17.7. The highest BCUT2D eigenvalue weighted by molar-refractivity contribution is 9.10. The second kappa shape index (κ2) is 5.93. The number of fused-ring (bicyclic) bond motifs is 3. The molecule has 6 heteroatoms. The van der Waals surface area contributed by atoms with E-state index in [9.17, 15) is 4.79 Å². The van der Waals surface area contributed by atoms with E-state index in [1.807, 2.05) is 60.7 Å². The van der Waals surface area contributed by atoms with E-state index in [1.165, 1.54) is 11.3 Å². The van der Waals surface area contributed by atoms with E-state index in [-0.39, 0.29) is 5.56 Å². The minimum absolute atomic E-state index is 0.0717. The molecule has 5 rings (SSSR count). The number of nitrogens with zero attached hydrogens (tertiary/aromatic N) is 2. The molecule has 0 aliphatic carbocycles. The molecule has 0 aliphatic heterocycles. The van der Waals surface area contributed by atoms with Crippen molar-refractivity contribution >= 4 is 49.3 Å².